The maximum atomic E-state index is 5.89. The summed E-state index contributed by atoms with van der Waals surface area (Å²) >= 11 is -1.98. The molecule has 0 heterocycles. The van der Waals surface area contributed by atoms with Gasteiger partial charge in [0, 0.05) is 0 Å². The predicted molar refractivity (Wildman–Crippen MR) is 85.7 cm³/mol. The second-order valence-corrected chi connectivity index (χ2v) is 15.1. The van der Waals surface area contributed by atoms with Crippen LogP contribution >= 0.6 is 0 Å². The monoisotopic (exact) mass is 316 g/mol. The topological polar surface area (TPSA) is 9.23 Å². The molecule has 0 atom stereocenters. The molecule has 0 rings (SSSR count). The first-order valence-electron chi connectivity index (χ1n) is 7.99. The van der Waals surface area contributed by atoms with Crippen molar-refractivity contribution in [1.82, 2.24) is 0 Å². The number of rotatable bonds is 12. The van der Waals surface area contributed by atoms with Crippen molar-refractivity contribution in [3.63, 3.8) is 0 Å². The second kappa shape index (κ2) is 11.0. The average Bonchev–Trinajstić information content (AvgIpc) is 2.38. The number of hydrogen-bond acceptors (Lipinski definition) is 1. The van der Waals surface area contributed by atoms with Crippen molar-refractivity contribution >= 4 is 13.3 Å². The van der Waals surface area contributed by atoms with Crippen molar-refractivity contribution in [2.75, 3.05) is 6.61 Å². The fourth-order valence-electron chi connectivity index (χ4n) is 2.67. The van der Waals surface area contributed by atoms with Crippen LogP contribution in [0.1, 0.15) is 66.2 Å². The van der Waals surface area contributed by atoms with Gasteiger partial charge in [-0.25, -0.2) is 0 Å². The number of unbranched alkanes of at least 4 members (excludes halogenated alkanes) is 3. The first kappa shape index (κ1) is 18.1. The average molecular weight is 315 g/mol. The van der Waals surface area contributed by atoms with Gasteiger partial charge in [-0.3, -0.25) is 0 Å². The van der Waals surface area contributed by atoms with Crippen LogP contribution in [0.4, 0.5) is 0 Å². The van der Waals surface area contributed by atoms with Gasteiger partial charge in [-0.1, -0.05) is 0 Å². The van der Waals surface area contributed by atoms with E-state index in [9.17, 15) is 0 Å². The van der Waals surface area contributed by atoms with Crippen LogP contribution in [0.5, 0.6) is 0 Å². The normalized spacial score (nSPS) is 11.6. The van der Waals surface area contributed by atoms with Gasteiger partial charge in [-0.2, -0.15) is 0 Å². The summed E-state index contributed by atoms with van der Waals surface area (Å²) < 4.78 is 7.13. The number of ether oxygens (including phenoxy) is 1. The van der Waals surface area contributed by atoms with E-state index in [1.54, 1.807) is 0 Å². The summed E-state index contributed by atoms with van der Waals surface area (Å²) in [5.74, 6) is 0. The second-order valence-electron chi connectivity index (χ2n) is 5.45. The molecule has 0 unspecified atom stereocenters. The summed E-state index contributed by atoms with van der Waals surface area (Å²) in [7, 11) is 0. The Bertz CT molecular complexity index is 191. The quantitative estimate of drug-likeness (QED) is 0.320. The molecule has 0 aromatic carbocycles. The van der Waals surface area contributed by atoms with Crippen LogP contribution in [0.3, 0.4) is 0 Å². The van der Waals surface area contributed by atoms with Crippen molar-refractivity contribution in [3.8, 4) is 0 Å². The van der Waals surface area contributed by atoms with E-state index in [2.05, 4.69) is 34.3 Å². The zero-order valence-corrected chi connectivity index (χ0v) is 15.3. The predicted octanol–water partition coefficient (Wildman–Crippen LogP) is 5.92. The molecule has 0 fully saturated rings. The van der Waals surface area contributed by atoms with E-state index in [1.807, 2.05) is 0 Å². The molecule has 0 amide bonds. The Kier molecular flexibility index (Phi) is 11.0. The molecule has 0 aliphatic heterocycles. The Balaban J connectivity index is 4.78. The fourth-order valence-corrected chi connectivity index (χ4v) is 13.4. The molecule has 108 valence electrons. The minimum atomic E-state index is -1.98. The Hall–Kier alpha value is 0.0829. The molecule has 0 saturated carbocycles. The van der Waals surface area contributed by atoms with E-state index in [4.69, 9.17) is 4.74 Å². The summed E-state index contributed by atoms with van der Waals surface area (Å²) in [6, 6.07) is 0. The van der Waals surface area contributed by atoms with Crippen molar-refractivity contribution in [2.45, 2.75) is 82.0 Å². The summed E-state index contributed by atoms with van der Waals surface area (Å²) in [6.07, 6.45) is 8.05. The van der Waals surface area contributed by atoms with Gasteiger partial charge in [0.25, 0.3) is 0 Å². The van der Waals surface area contributed by atoms with Crippen LogP contribution in [0.15, 0.2) is 11.2 Å². The van der Waals surface area contributed by atoms with Crippen LogP contribution in [0.2, 0.25) is 15.8 Å². The van der Waals surface area contributed by atoms with E-state index in [-0.39, 0.29) is 0 Å². The van der Waals surface area contributed by atoms with Crippen molar-refractivity contribution in [3.05, 3.63) is 11.2 Å². The Morgan fingerprint density at radius 2 is 1.22 bits per heavy atom. The summed E-state index contributed by atoms with van der Waals surface area (Å²) in [4.78, 5) is 0. The fraction of sp³-hybridized carbons (Fsp3) is 0.875. The van der Waals surface area contributed by atoms with Gasteiger partial charge in [-0.05, 0) is 0 Å². The molecule has 0 bridgehead atoms. The first-order valence-corrected chi connectivity index (χ1v) is 13.5. The van der Waals surface area contributed by atoms with E-state index >= 15 is 0 Å². The molecule has 0 aromatic heterocycles. The SMILES string of the molecule is C=[C](OCC)[Ge]([CH2]CCC)([CH2]CCC)[CH2]CCC. The summed E-state index contributed by atoms with van der Waals surface area (Å²) in [6.45, 7) is 14.1. The van der Waals surface area contributed by atoms with Crippen molar-refractivity contribution in [2.24, 2.45) is 0 Å². The van der Waals surface area contributed by atoms with Gasteiger partial charge in [0.1, 0.15) is 0 Å². The van der Waals surface area contributed by atoms with E-state index in [0.29, 0.717) is 0 Å². The third-order valence-corrected chi connectivity index (χ3v) is 15.0. The number of hydrogen-bond donors (Lipinski definition) is 0. The molecule has 0 saturated heterocycles. The molecule has 0 aliphatic rings. The summed E-state index contributed by atoms with van der Waals surface area (Å²) in [5.41, 5.74) is 0. The zero-order chi connectivity index (χ0) is 13.9. The molecule has 0 spiro atoms. The Morgan fingerprint density at radius 1 is 0.833 bits per heavy atom. The van der Waals surface area contributed by atoms with Gasteiger partial charge in [0.15, 0.2) is 0 Å². The zero-order valence-electron chi connectivity index (χ0n) is 13.2. The van der Waals surface area contributed by atoms with Crippen LogP contribution in [-0.4, -0.2) is 19.9 Å². The van der Waals surface area contributed by atoms with Gasteiger partial charge in [0.2, 0.25) is 0 Å². The first-order chi connectivity index (χ1) is 8.66. The van der Waals surface area contributed by atoms with E-state index < -0.39 is 13.3 Å². The Morgan fingerprint density at radius 3 is 1.50 bits per heavy atom. The van der Waals surface area contributed by atoms with Crippen molar-refractivity contribution < 1.29 is 4.74 Å². The van der Waals surface area contributed by atoms with Crippen LogP contribution in [-0.2, 0) is 4.74 Å². The molecule has 0 radical (unpaired) electrons. The molecule has 2 heteroatoms. The van der Waals surface area contributed by atoms with Crippen molar-refractivity contribution in [1.29, 1.82) is 0 Å². The van der Waals surface area contributed by atoms with Crippen LogP contribution in [0, 0.1) is 0 Å². The molecule has 0 N–H and O–H groups in total. The third kappa shape index (κ3) is 6.31. The van der Waals surface area contributed by atoms with Gasteiger partial charge in [-0.15, -0.1) is 0 Å². The van der Waals surface area contributed by atoms with Crippen LogP contribution in [0.25, 0.3) is 0 Å². The van der Waals surface area contributed by atoms with Gasteiger partial charge < -0.3 is 0 Å². The molecular weight excluding hydrogens is 281 g/mol. The van der Waals surface area contributed by atoms with Gasteiger partial charge >= 0.3 is 118 Å². The molecule has 0 aromatic rings. The maximum absolute atomic E-state index is 5.89. The molecular formula is C16H34GeO. The van der Waals surface area contributed by atoms with E-state index in [1.165, 1.54) is 58.9 Å². The molecule has 1 nitrogen and oxygen atoms in total. The van der Waals surface area contributed by atoms with E-state index in [0.717, 1.165) is 6.61 Å². The van der Waals surface area contributed by atoms with Crippen LogP contribution < -0.4 is 0 Å². The van der Waals surface area contributed by atoms with Gasteiger partial charge in [0.05, 0.1) is 0 Å². The minimum absolute atomic E-state index is 0.802. The molecule has 0 aliphatic carbocycles. The summed E-state index contributed by atoms with van der Waals surface area (Å²) in [5, 5.41) is 4.32. The third-order valence-electron chi connectivity index (χ3n) is 3.94. The standard InChI is InChI=1S/C16H34GeO/c1-6-10-13-17(14-11-7-2,15-12-8-3)16(5)18-9-4/h5-15H2,1-4H3. The Labute approximate surface area is 118 Å². The molecule has 18 heavy (non-hydrogen) atoms.